The maximum absolute atomic E-state index is 13.2. The molecule has 4 heteroatoms. The lowest BCUT2D eigenvalue weighted by molar-refractivity contribution is -0.136. The van der Waals surface area contributed by atoms with Crippen molar-refractivity contribution in [3.05, 3.63) is 54.1 Å². The molecule has 0 spiro atoms. The molecule has 0 aliphatic heterocycles. The van der Waals surface area contributed by atoms with Crippen LogP contribution >= 0.6 is 0 Å². The van der Waals surface area contributed by atoms with Gasteiger partial charge in [-0.3, -0.25) is 9.78 Å². The zero-order chi connectivity index (χ0) is 12.3. The molecule has 1 heterocycles. The van der Waals surface area contributed by atoms with E-state index in [0.717, 1.165) is 0 Å². The fourth-order valence-electron chi connectivity index (χ4n) is 1.66. The lowest BCUT2D eigenvalue weighted by atomic mass is 9.99. The molecule has 0 bridgehead atoms. The van der Waals surface area contributed by atoms with Crippen LogP contribution in [0.1, 0.15) is 5.56 Å². The van der Waals surface area contributed by atoms with Gasteiger partial charge in [0.2, 0.25) is 0 Å². The Hall–Kier alpha value is -2.23. The van der Waals surface area contributed by atoms with Crippen LogP contribution in [0.4, 0.5) is 4.39 Å². The maximum Gasteiger partial charge on any atom is 0.307 e. The predicted molar refractivity (Wildman–Crippen MR) is 61.0 cm³/mol. The van der Waals surface area contributed by atoms with E-state index in [-0.39, 0.29) is 6.42 Å². The number of hydrogen-bond donors (Lipinski definition) is 1. The molecule has 2 rings (SSSR count). The largest absolute Gasteiger partial charge is 0.481 e. The number of carbonyl (C=O) groups is 1. The first-order valence-electron chi connectivity index (χ1n) is 5.07. The van der Waals surface area contributed by atoms with Crippen LogP contribution in [0, 0.1) is 5.82 Å². The van der Waals surface area contributed by atoms with Gasteiger partial charge in [-0.2, -0.15) is 0 Å². The first-order valence-corrected chi connectivity index (χ1v) is 5.07. The van der Waals surface area contributed by atoms with Crippen LogP contribution in [0.15, 0.2) is 42.7 Å². The lowest BCUT2D eigenvalue weighted by Crippen LogP contribution is -2.02. The van der Waals surface area contributed by atoms with Gasteiger partial charge in [0.25, 0.3) is 0 Å². The topological polar surface area (TPSA) is 50.2 Å². The second-order valence-corrected chi connectivity index (χ2v) is 3.61. The Bertz CT molecular complexity index is 540. The van der Waals surface area contributed by atoms with Crippen LogP contribution in [0.3, 0.4) is 0 Å². The average Bonchev–Trinajstić information content (AvgIpc) is 2.32. The fraction of sp³-hybridized carbons (Fsp3) is 0.0769. The Labute approximate surface area is 97.6 Å². The molecule has 1 N–H and O–H groups in total. The van der Waals surface area contributed by atoms with Gasteiger partial charge in [-0.05, 0) is 29.3 Å². The zero-order valence-electron chi connectivity index (χ0n) is 8.93. The Kier molecular flexibility index (Phi) is 3.14. The highest BCUT2D eigenvalue weighted by atomic mass is 19.1. The van der Waals surface area contributed by atoms with Crippen molar-refractivity contribution in [2.45, 2.75) is 6.42 Å². The maximum atomic E-state index is 13.2. The first-order chi connectivity index (χ1) is 8.16. The van der Waals surface area contributed by atoms with Crippen LogP contribution in [0.25, 0.3) is 11.1 Å². The molecule has 0 atom stereocenters. The smallest absolute Gasteiger partial charge is 0.307 e. The fourth-order valence-corrected chi connectivity index (χ4v) is 1.66. The van der Waals surface area contributed by atoms with Crippen molar-refractivity contribution in [3.8, 4) is 11.1 Å². The van der Waals surface area contributed by atoms with Crippen molar-refractivity contribution in [1.29, 1.82) is 0 Å². The van der Waals surface area contributed by atoms with Gasteiger partial charge in [0.05, 0.1) is 6.42 Å². The van der Waals surface area contributed by atoms with Gasteiger partial charge in [-0.1, -0.05) is 12.1 Å². The number of carboxylic acid groups (broad SMARTS) is 1. The number of hydrogen-bond acceptors (Lipinski definition) is 2. The van der Waals surface area contributed by atoms with Crippen molar-refractivity contribution in [3.63, 3.8) is 0 Å². The van der Waals surface area contributed by atoms with E-state index in [1.807, 2.05) is 0 Å². The summed E-state index contributed by atoms with van der Waals surface area (Å²) in [5.41, 5.74) is 1.86. The molecule has 1 aromatic heterocycles. The monoisotopic (exact) mass is 231 g/mol. The molecule has 2 aromatic rings. The molecule has 1 aromatic carbocycles. The van der Waals surface area contributed by atoms with E-state index in [0.29, 0.717) is 16.7 Å². The molecule has 0 amide bonds. The van der Waals surface area contributed by atoms with Crippen LogP contribution in [0.2, 0.25) is 0 Å². The summed E-state index contributed by atoms with van der Waals surface area (Å²) in [5.74, 6) is -1.33. The number of aliphatic carboxylic acids is 1. The Balaban J connectivity index is 2.51. The summed E-state index contributed by atoms with van der Waals surface area (Å²) in [6, 6.07) is 7.58. The van der Waals surface area contributed by atoms with E-state index in [9.17, 15) is 9.18 Å². The molecule has 0 radical (unpaired) electrons. The van der Waals surface area contributed by atoms with Gasteiger partial charge in [-0.15, -0.1) is 0 Å². The highest BCUT2D eigenvalue weighted by Crippen LogP contribution is 2.24. The standard InChI is InChI=1S/C13H10FNO2/c14-11-4-3-9(6-13(16)17)12(7-11)10-2-1-5-15-8-10/h1-5,7-8H,6H2,(H,16,17). The van der Waals surface area contributed by atoms with E-state index < -0.39 is 11.8 Å². The SMILES string of the molecule is O=C(O)Cc1ccc(F)cc1-c1cccnc1. The summed E-state index contributed by atoms with van der Waals surface area (Å²) in [5, 5.41) is 8.80. The molecule has 0 unspecified atom stereocenters. The molecular formula is C13H10FNO2. The molecule has 17 heavy (non-hydrogen) atoms. The third-order valence-electron chi connectivity index (χ3n) is 2.39. The van der Waals surface area contributed by atoms with Crippen molar-refractivity contribution < 1.29 is 14.3 Å². The first kappa shape index (κ1) is 11.3. The molecule has 0 saturated carbocycles. The second kappa shape index (κ2) is 4.74. The van der Waals surface area contributed by atoms with Gasteiger partial charge in [0.1, 0.15) is 5.82 Å². The van der Waals surface area contributed by atoms with E-state index in [1.54, 1.807) is 24.5 Å². The molecule has 0 fully saturated rings. The van der Waals surface area contributed by atoms with Crippen LogP contribution in [0.5, 0.6) is 0 Å². The zero-order valence-corrected chi connectivity index (χ0v) is 8.93. The number of halogens is 1. The van der Waals surface area contributed by atoms with Gasteiger partial charge in [0, 0.05) is 18.0 Å². The van der Waals surface area contributed by atoms with Gasteiger partial charge in [-0.25, -0.2) is 4.39 Å². The van der Waals surface area contributed by atoms with Gasteiger partial charge >= 0.3 is 5.97 Å². The number of rotatable bonds is 3. The van der Waals surface area contributed by atoms with E-state index >= 15 is 0 Å². The quantitative estimate of drug-likeness (QED) is 0.883. The van der Waals surface area contributed by atoms with E-state index in [2.05, 4.69) is 4.98 Å². The minimum absolute atomic E-state index is 0.134. The second-order valence-electron chi connectivity index (χ2n) is 3.61. The third kappa shape index (κ3) is 2.66. The van der Waals surface area contributed by atoms with Crippen molar-refractivity contribution >= 4 is 5.97 Å². The molecule has 0 aliphatic carbocycles. The summed E-state index contributed by atoms with van der Waals surface area (Å²) < 4.78 is 13.2. The number of pyridine rings is 1. The normalized spacial score (nSPS) is 10.2. The number of carboxylic acids is 1. The van der Waals surface area contributed by atoms with Gasteiger partial charge < -0.3 is 5.11 Å². The van der Waals surface area contributed by atoms with Crippen molar-refractivity contribution in [2.24, 2.45) is 0 Å². The number of nitrogens with zero attached hydrogens (tertiary/aromatic N) is 1. The molecule has 0 aliphatic rings. The van der Waals surface area contributed by atoms with Crippen LogP contribution in [-0.4, -0.2) is 16.1 Å². The minimum atomic E-state index is -0.943. The minimum Gasteiger partial charge on any atom is -0.481 e. The molecule has 3 nitrogen and oxygen atoms in total. The molecule has 86 valence electrons. The molecular weight excluding hydrogens is 221 g/mol. The van der Waals surface area contributed by atoms with Crippen LogP contribution < -0.4 is 0 Å². The Morgan fingerprint density at radius 1 is 1.35 bits per heavy atom. The summed E-state index contributed by atoms with van der Waals surface area (Å²) in [6.07, 6.45) is 3.06. The Morgan fingerprint density at radius 2 is 2.18 bits per heavy atom. The van der Waals surface area contributed by atoms with E-state index in [4.69, 9.17) is 5.11 Å². The summed E-state index contributed by atoms with van der Waals surface area (Å²) >= 11 is 0. The number of aromatic nitrogens is 1. The average molecular weight is 231 g/mol. The summed E-state index contributed by atoms with van der Waals surface area (Å²) in [7, 11) is 0. The third-order valence-corrected chi connectivity index (χ3v) is 2.39. The summed E-state index contributed by atoms with van der Waals surface area (Å²) in [4.78, 5) is 14.7. The van der Waals surface area contributed by atoms with Crippen LogP contribution in [-0.2, 0) is 11.2 Å². The lowest BCUT2D eigenvalue weighted by Gasteiger charge is -2.07. The Morgan fingerprint density at radius 3 is 2.82 bits per heavy atom. The van der Waals surface area contributed by atoms with Gasteiger partial charge in [0.15, 0.2) is 0 Å². The number of benzene rings is 1. The molecule has 0 saturated heterocycles. The highest BCUT2D eigenvalue weighted by molar-refractivity contribution is 5.76. The van der Waals surface area contributed by atoms with Crippen molar-refractivity contribution in [2.75, 3.05) is 0 Å². The highest BCUT2D eigenvalue weighted by Gasteiger charge is 2.09. The predicted octanol–water partition coefficient (Wildman–Crippen LogP) is 2.51. The van der Waals surface area contributed by atoms with E-state index in [1.165, 1.54) is 18.2 Å². The van der Waals surface area contributed by atoms with Crippen molar-refractivity contribution in [1.82, 2.24) is 4.98 Å². The summed E-state index contributed by atoms with van der Waals surface area (Å²) in [6.45, 7) is 0.